The smallest absolute Gasteiger partial charge is 0.224 e. The lowest BCUT2D eigenvalue weighted by Crippen LogP contribution is -2.30. The average molecular weight is 302 g/mol. The van der Waals surface area contributed by atoms with Crippen molar-refractivity contribution in [3.8, 4) is 0 Å². The molecule has 1 fully saturated rings. The molecule has 7 heteroatoms. The summed E-state index contributed by atoms with van der Waals surface area (Å²) in [5.41, 5.74) is 2.28. The Morgan fingerprint density at radius 2 is 2.36 bits per heavy atom. The number of aromatic nitrogens is 4. The van der Waals surface area contributed by atoms with Crippen LogP contribution in [0.4, 0.5) is 11.8 Å². The Labute approximate surface area is 130 Å². The molecule has 2 N–H and O–H groups in total. The number of anilines is 2. The van der Waals surface area contributed by atoms with E-state index in [1.54, 1.807) is 6.20 Å². The summed E-state index contributed by atoms with van der Waals surface area (Å²) in [7, 11) is 1.94. The van der Waals surface area contributed by atoms with Gasteiger partial charge >= 0.3 is 0 Å². The zero-order chi connectivity index (χ0) is 15.4. The van der Waals surface area contributed by atoms with Gasteiger partial charge in [-0.25, -0.2) is 4.98 Å². The van der Waals surface area contributed by atoms with Crippen molar-refractivity contribution in [2.24, 2.45) is 7.05 Å². The predicted octanol–water partition coefficient (Wildman–Crippen LogP) is 1.72. The first kappa shape index (κ1) is 14.8. The fourth-order valence-corrected chi connectivity index (χ4v) is 2.48. The van der Waals surface area contributed by atoms with Crippen molar-refractivity contribution in [3.63, 3.8) is 0 Å². The summed E-state index contributed by atoms with van der Waals surface area (Å²) in [6.07, 6.45) is 5.83. The second kappa shape index (κ2) is 6.74. The van der Waals surface area contributed by atoms with E-state index < -0.39 is 0 Å². The van der Waals surface area contributed by atoms with Gasteiger partial charge in [0.15, 0.2) is 0 Å². The summed E-state index contributed by atoms with van der Waals surface area (Å²) in [4.78, 5) is 8.77. The monoisotopic (exact) mass is 302 g/mol. The van der Waals surface area contributed by atoms with Crippen LogP contribution in [0.15, 0.2) is 18.5 Å². The van der Waals surface area contributed by atoms with Crippen molar-refractivity contribution in [2.75, 3.05) is 23.8 Å². The minimum absolute atomic E-state index is 0.331. The van der Waals surface area contributed by atoms with Crippen LogP contribution in [-0.2, 0) is 18.3 Å². The highest BCUT2D eigenvalue weighted by molar-refractivity contribution is 5.41. The van der Waals surface area contributed by atoms with Crippen LogP contribution in [0, 0.1) is 6.92 Å². The maximum Gasteiger partial charge on any atom is 0.224 e. The zero-order valence-corrected chi connectivity index (χ0v) is 13.0. The molecule has 1 saturated heterocycles. The van der Waals surface area contributed by atoms with Crippen molar-refractivity contribution in [1.29, 1.82) is 0 Å². The Kier molecular flexibility index (Phi) is 4.53. The molecular weight excluding hydrogens is 280 g/mol. The second-order valence-electron chi connectivity index (χ2n) is 5.56. The molecule has 0 aromatic carbocycles. The van der Waals surface area contributed by atoms with E-state index in [1.165, 1.54) is 0 Å². The largest absolute Gasteiger partial charge is 0.379 e. The van der Waals surface area contributed by atoms with Crippen molar-refractivity contribution >= 4 is 11.8 Å². The van der Waals surface area contributed by atoms with Gasteiger partial charge in [0.05, 0.1) is 18.8 Å². The van der Waals surface area contributed by atoms with E-state index >= 15 is 0 Å². The van der Waals surface area contributed by atoms with Crippen LogP contribution in [0.3, 0.4) is 0 Å². The predicted molar refractivity (Wildman–Crippen MR) is 84.8 cm³/mol. The summed E-state index contributed by atoms with van der Waals surface area (Å²) in [5, 5.41) is 10.9. The Bertz CT molecular complexity index is 620. The maximum atomic E-state index is 5.47. The van der Waals surface area contributed by atoms with E-state index in [1.807, 2.05) is 30.9 Å². The van der Waals surface area contributed by atoms with E-state index in [4.69, 9.17) is 4.74 Å². The molecule has 0 radical (unpaired) electrons. The molecular formula is C15H22N6O. The third-order valence-corrected chi connectivity index (χ3v) is 3.94. The van der Waals surface area contributed by atoms with Gasteiger partial charge < -0.3 is 15.4 Å². The van der Waals surface area contributed by atoms with Gasteiger partial charge in [-0.05, 0) is 25.8 Å². The summed E-state index contributed by atoms with van der Waals surface area (Å²) < 4.78 is 7.33. The normalized spacial score (nSPS) is 18.2. The molecule has 1 aliphatic heterocycles. The molecule has 2 aromatic rings. The van der Waals surface area contributed by atoms with E-state index in [0.717, 1.165) is 43.1 Å². The second-order valence-corrected chi connectivity index (χ2v) is 5.56. The number of ether oxygens (including phenoxy) is 1. The third-order valence-electron chi connectivity index (χ3n) is 3.94. The van der Waals surface area contributed by atoms with E-state index in [9.17, 15) is 0 Å². The topological polar surface area (TPSA) is 76.9 Å². The Balaban J connectivity index is 1.59. The highest BCUT2D eigenvalue weighted by Gasteiger charge is 2.14. The third kappa shape index (κ3) is 3.54. The van der Waals surface area contributed by atoms with Gasteiger partial charge in [-0.15, -0.1) is 0 Å². The lowest BCUT2D eigenvalue weighted by atomic mass is 10.1. The van der Waals surface area contributed by atoms with Crippen molar-refractivity contribution in [2.45, 2.75) is 32.4 Å². The highest BCUT2D eigenvalue weighted by Crippen LogP contribution is 2.14. The van der Waals surface area contributed by atoms with Gasteiger partial charge in [-0.1, -0.05) is 0 Å². The van der Waals surface area contributed by atoms with Gasteiger partial charge in [0, 0.05) is 37.7 Å². The maximum absolute atomic E-state index is 5.47. The molecule has 1 aliphatic rings. The first-order chi connectivity index (χ1) is 10.7. The van der Waals surface area contributed by atoms with Crippen LogP contribution in [0.25, 0.3) is 0 Å². The van der Waals surface area contributed by atoms with Crippen LogP contribution in [0.5, 0.6) is 0 Å². The first-order valence-corrected chi connectivity index (χ1v) is 7.61. The van der Waals surface area contributed by atoms with Gasteiger partial charge in [0.2, 0.25) is 5.95 Å². The average Bonchev–Trinajstić information content (AvgIpc) is 2.86. The molecule has 0 bridgehead atoms. The number of nitrogens with one attached hydrogen (secondary N) is 2. The molecule has 2 aromatic heterocycles. The van der Waals surface area contributed by atoms with E-state index in [0.29, 0.717) is 18.5 Å². The van der Waals surface area contributed by atoms with Gasteiger partial charge in [-0.2, -0.15) is 10.1 Å². The minimum atomic E-state index is 0.331. The molecule has 1 atom stereocenters. The van der Waals surface area contributed by atoms with E-state index in [-0.39, 0.29) is 0 Å². The first-order valence-electron chi connectivity index (χ1n) is 7.61. The van der Waals surface area contributed by atoms with Crippen molar-refractivity contribution in [1.82, 2.24) is 19.7 Å². The summed E-state index contributed by atoms with van der Waals surface area (Å²) in [6, 6.07) is 2.21. The quantitative estimate of drug-likeness (QED) is 0.876. The molecule has 3 rings (SSSR count). The summed E-state index contributed by atoms with van der Waals surface area (Å²) in [5.74, 6) is 1.45. The van der Waals surface area contributed by atoms with Gasteiger partial charge in [0.25, 0.3) is 0 Å². The van der Waals surface area contributed by atoms with Crippen molar-refractivity contribution in [3.05, 3.63) is 29.7 Å². The molecule has 118 valence electrons. The number of rotatable bonds is 5. The molecule has 22 heavy (non-hydrogen) atoms. The lowest BCUT2D eigenvalue weighted by molar-refractivity contribution is 0.0875. The van der Waals surface area contributed by atoms with Crippen molar-refractivity contribution < 1.29 is 4.74 Å². The number of hydrogen-bond donors (Lipinski definition) is 2. The molecule has 7 nitrogen and oxygen atoms in total. The standard InChI is InChI=1S/C15H22N6O/c1-11-12(9-18-21(11)2)8-17-15-16-6-5-14(20-15)19-13-4-3-7-22-10-13/h5-6,9,13H,3-4,7-8,10H2,1-2H3,(H2,16,17,19,20)/t13-/m1/s1. The fourth-order valence-electron chi connectivity index (χ4n) is 2.48. The summed E-state index contributed by atoms with van der Waals surface area (Å²) >= 11 is 0. The van der Waals surface area contributed by atoms with Gasteiger partial charge in [-0.3, -0.25) is 4.68 Å². The zero-order valence-electron chi connectivity index (χ0n) is 13.0. The Morgan fingerprint density at radius 3 is 3.09 bits per heavy atom. The fraction of sp³-hybridized carbons (Fsp3) is 0.533. The molecule has 0 unspecified atom stereocenters. The molecule has 0 spiro atoms. The molecule has 0 saturated carbocycles. The Morgan fingerprint density at radius 1 is 1.45 bits per heavy atom. The Hall–Kier alpha value is -2.15. The lowest BCUT2D eigenvalue weighted by Gasteiger charge is -2.23. The molecule has 0 aliphatic carbocycles. The molecule has 0 amide bonds. The number of hydrogen-bond acceptors (Lipinski definition) is 6. The van der Waals surface area contributed by atoms with Crippen LogP contribution in [0.2, 0.25) is 0 Å². The van der Waals surface area contributed by atoms with Crippen LogP contribution in [0.1, 0.15) is 24.1 Å². The summed E-state index contributed by atoms with van der Waals surface area (Å²) in [6.45, 7) is 4.31. The highest BCUT2D eigenvalue weighted by atomic mass is 16.5. The minimum Gasteiger partial charge on any atom is -0.379 e. The number of aryl methyl sites for hydroxylation is 1. The van der Waals surface area contributed by atoms with E-state index in [2.05, 4.69) is 25.7 Å². The van der Waals surface area contributed by atoms with Crippen LogP contribution < -0.4 is 10.6 Å². The van der Waals surface area contributed by atoms with Crippen LogP contribution in [-0.4, -0.2) is 39.0 Å². The van der Waals surface area contributed by atoms with Gasteiger partial charge in [0.1, 0.15) is 5.82 Å². The number of nitrogens with zero attached hydrogens (tertiary/aromatic N) is 4. The molecule has 3 heterocycles. The SMILES string of the molecule is Cc1c(CNc2nccc(N[C@@H]3CCCOC3)n2)cnn1C. The van der Waals surface area contributed by atoms with Crippen LogP contribution >= 0.6 is 0 Å².